The Balaban J connectivity index is 1.19. The van der Waals surface area contributed by atoms with Crippen molar-refractivity contribution < 1.29 is 0 Å². The van der Waals surface area contributed by atoms with Gasteiger partial charge in [-0.1, -0.05) is 66.8 Å². The maximum atomic E-state index is 8.92. The Labute approximate surface area is 281 Å². The van der Waals surface area contributed by atoms with Crippen molar-refractivity contribution in [2.45, 2.75) is 26.3 Å². The van der Waals surface area contributed by atoms with Crippen LogP contribution in [0.5, 0.6) is 0 Å². The molecule has 0 fully saturated rings. The number of hydrogen-bond acceptors (Lipinski definition) is 11. The van der Waals surface area contributed by atoms with Gasteiger partial charge in [-0.2, -0.15) is 15.6 Å². The summed E-state index contributed by atoms with van der Waals surface area (Å²) in [5.41, 5.74) is 4.61. The lowest BCUT2D eigenvalue weighted by atomic mass is 10.1. The molecule has 1 aromatic heterocycles. The van der Waals surface area contributed by atoms with Crippen molar-refractivity contribution in [1.82, 2.24) is 4.98 Å². The number of nitrogens with zero attached hydrogens (tertiary/aromatic N) is 9. The average Bonchev–Trinajstić information content (AvgIpc) is 3.59. The van der Waals surface area contributed by atoms with Crippen molar-refractivity contribution in [3.63, 3.8) is 0 Å². The van der Waals surface area contributed by atoms with E-state index in [0.717, 1.165) is 45.0 Å². The van der Waals surface area contributed by atoms with Crippen molar-refractivity contribution in [2.24, 2.45) is 30.7 Å². The van der Waals surface area contributed by atoms with E-state index in [1.54, 1.807) is 30.5 Å². The third kappa shape index (κ3) is 7.34. The fourth-order valence-electron chi connectivity index (χ4n) is 4.83. The van der Waals surface area contributed by atoms with Gasteiger partial charge in [0, 0.05) is 39.5 Å². The molecule has 0 saturated carbocycles. The Morgan fingerprint density at radius 1 is 0.708 bits per heavy atom. The standard InChI is InChI=1S/C37H28N10S/c1-3-24(2)41-33-16-17-35(30-9-5-4-8-29(30)33)45-46-36-19-18-34(31-10-6-7-11-32(31)36)44-42-26-12-14-27(15-13-26)43-47-37-40-23-28(48-37)20-25(21-38)22-39/h4-20,23-24,41H,3H2,1-2H3. The molecular formula is C37H28N10S. The lowest BCUT2D eigenvalue weighted by molar-refractivity contribution is 0.765. The van der Waals surface area contributed by atoms with Crippen LogP contribution in [0.15, 0.2) is 140 Å². The van der Waals surface area contributed by atoms with Crippen LogP contribution in [-0.4, -0.2) is 11.0 Å². The zero-order chi connectivity index (χ0) is 33.3. The number of benzene rings is 5. The second kappa shape index (κ2) is 14.8. The molecule has 0 amide bonds. The Kier molecular flexibility index (Phi) is 9.71. The summed E-state index contributed by atoms with van der Waals surface area (Å²) in [6.45, 7) is 4.34. The van der Waals surface area contributed by atoms with E-state index in [1.165, 1.54) is 17.4 Å². The maximum Gasteiger partial charge on any atom is 0.230 e. The maximum absolute atomic E-state index is 8.92. The monoisotopic (exact) mass is 644 g/mol. The Morgan fingerprint density at radius 2 is 1.21 bits per heavy atom. The van der Waals surface area contributed by atoms with Crippen LogP contribution in [0.3, 0.4) is 0 Å². The molecule has 0 spiro atoms. The number of rotatable bonds is 10. The van der Waals surface area contributed by atoms with Gasteiger partial charge in [0.15, 0.2) is 0 Å². The zero-order valence-electron chi connectivity index (χ0n) is 26.1. The van der Waals surface area contributed by atoms with Gasteiger partial charge in [0.1, 0.15) is 17.7 Å². The van der Waals surface area contributed by atoms with Gasteiger partial charge in [-0.3, -0.25) is 0 Å². The lowest BCUT2D eigenvalue weighted by Crippen LogP contribution is -2.13. The highest BCUT2D eigenvalue weighted by Gasteiger charge is 2.09. The molecule has 232 valence electrons. The normalized spacial score (nSPS) is 12.1. The van der Waals surface area contributed by atoms with Gasteiger partial charge in [-0.15, -0.1) is 25.6 Å². The molecule has 6 aromatic rings. The summed E-state index contributed by atoms with van der Waals surface area (Å²) in [5, 5.41) is 52.5. The first-order valence-electron chi connectivity index (χ1n) is 15.2. The quantitative estimate of drug-likeness (QED) is 0.117. The van der Waals surface area contributed by atoms with Crippen LogP contribution in [-0.2, 0) is 0 Å². The molecule has 0 aliphatic carbocycles. The van der Waals surface area contributed by atoms with Crippen molar-refractivity contribution >= 4 is 78.2 Å². The van der Waals surface area contributed by atoms with Crippen LogP contribution in [0.2, 0.25) is 0 Å². The van der Waals surface area contributed by atoms with E-state index < -0.39 is 0 Å². The van der Waals surface area contributed by atoms with Crippen molar-refractivity contribution in [2.75, 3.05) is 5.32 Å². The number of anilines is 1. The van der Waals surface area contributed by atoms with Gasteiger partial charge in [0.05, 0.1) is 33.3 Å². The van der Waals surface area contributed by atoms with Gasteiger partial charge in [-0.05, 0) is 68.0 Å². The largest absolute Gasteiger partial charge is 0.382 e. The van der Waals surface area contributed by atoms with Gasteiger partial charge in [0.2, 0.25) is 5.13 Å². The zero-order valence-corrected chi connectivity index (χ0v) is 26.9. The van der Waals surface area contributed by atoms with Crippen molar-refractivity contribution in [3.8, 4) is 12.1 Å². The summed E-state index contributed by atoms with van der Waals surface area (Å²) >= 11 is 1.23. The van der Waals surface area contributed by atoms with Crippen LogP contribution in [0, 0.1) is 22.7 Å². The summed E-state index contributed by atoms with van der Waals surface area (Å²) in [7, 11) is 0. The molecule has 6 rings (SSSR count). The lowest BCUT2D eigenvalue weighted by Gasteiger charge is -2.15. The molecule has 1 atom stereocenters. The molecule has 10 nitrogen and oxygen atoms in total. The fourth-order valence-corrected chi connectivity index (χ4v) is 5.51. The van der Waals surface area contributed by atoms with Crippen LogP contribution in [0.4, 0.5) is 39.3 Å². The molecule has 0 aliphatic heterocycles. The van der Waals surface area contributed by atoms with Crippen LogP contribution in [0.25, 0.3) is 27.6 Å². The number of nitriles is 2. The predicted octanol–water partition coefficient (Wildman–Crippen LogP) is 12.3. The van der Waals surface area contributed by atoms with E-state index in [0.29, 0.717) is 33.1 Å². The molecule has 0 aliphatic rings. The molecule has 0 saturated heterocycles. The molecule has 1 unspecified atom stereocenters. The minimum absolute atomic E-state index is 0.00201. The average molecular weight is 645 g/mol. The first kappa shape index (κ1) is 31.5. The Morgan fingerprint density at radius 3 is 1.77 bits per heavy atom. The van der Waals surface area contributed by atoms with Crippen molar-refractivity contribution in [3.05, 3.63) is 114 Å². The smallest absolute Gasteiger partial charge is 0.230 e. The molecule has 48 heavy (non-hydrogen) atoms. The number of aromatic nitrogens is 1. The Bertz CT molecular complexity index is 2290. The first-order valence-corrected chi connectivity index (χ1v) is 16.0. The number of azo groups is 3. The second-order valence-electron chi connectivity index (χ2n) is 10.7. The van der Waals surface area contributed by atoms with Gasteiger partial charge >= 0.3 is 0 Å². The molecule has 11 heteroatoms. The topological polar surface area (TPSA) is 147 Å². The molecular weight excluding hydrogens is 617 g/mol. The van der Waals surface area contributed by atoms with Gasteiger partial charge in [-0.25, -0.2) is 4.98 Å². The third-order valence-electron chi connectivity index (χ3n) is 7.47. The highest BCUT2D eigenvalue weighted by Crippen LogP contribution is 2.37. The summed E-state index contributed by atoms with van der Waals surface area (Å²) in [6.07, 6.45) is 4.04. The minimum Gasteiger partial charge on any atom is -0.382 e. The number of fused-ring (bicyclic) bond motifs is 2. The van der Waals surface area contributed by atoms with Crippen LogP contribution >= 0.6 is 11.3 Å². The third-order valence-corrected chi connectivity index (χ3v) is 8.30. The van der Waals surface area contributed by atoms with E-state index in [1.807, 2.05) is 66.7 Å². The van der Waals surface area contributed by atoms with Crippen molar-refractivity contribution in [1.29, 1.82) is 10.5 Å². The van der Waals surface area contributed by atoms with E-state index in [4.69, 9.17) is 10.5 Å². The number of nitrogens with one attached hydrogen (secondary N) is 1. The molecule has 1 N–H and O–H groups in total. The molecule has 1 heterocycles. The number of hydrogen-bond donors (Lipinski definition) is 1. The second-order valence-corrected chi connectivity index (χ2v) is 11.8. The highest BCUT2D eigenvalue weighted by atomic mass is 32.1. The molecule has 0 radical (unpaired) electrons. The van der Waals surface area contributed by atoms with Crippen LogP contribution < -0.4 is 5.32 Å². The fraction of sp³-hybridized carbons (Fsp3) is 0.108. The summed E-state index contributed by atoms with van der Waals surface area (Å²) in [6, 6.07) is 35.3. The minimum atomic E-state index is 0.00201. The number of allylic oxidation sites excluding steroid dienone is 1. The SMILES string of the molecule is CCC(C)Nc1ccc(N=Nc2ccc(N=Nc3ccc(N=Nc4ncc(C=C(C#N)C#N)s4)cc3)c3ccccc23)c2ccccc12. The van der Waals surface area contributed by atoms with Crippen LogP contribution in [0.1, 0.15) is 25.1 Å². The van der Waals surface area contributed by atoms with Gasteiger partial charge < -0.3 is 5.32 Å². The molecule has 0 bridgehead atoms. The highest BCUT2D eigenvalue weighted by molar-refractivity contribution is 7.16. The first-order chi connectivity index (χ1) is 23.5. The van der Waals surface area contributed by atoms with E-state index >= 15 is 0 Å². The van der Waals surface area contributed by atoms with E-state index in [9.17, 15) is 0 Å². The summed E-state index contributed by atoms with van der Waals surface area (Å²) in [4.78, 5) is 4.81. The molecule has 5 aromatic carbocycles. The number of thiazole rings is 1. The van der Waals surface area contributed by atoms with E-state index in [-0.39, 0.29) is 5.57 Å². The van der Waals surface area contributed by atoms with Gasteiger partial charge in [0.25, 0.3) is 0 Å². The predicted molar refractivity (Wildman–Crippen MR) is 192 cm³/mol. The summed E-state index contributed by atoms with van der Waals surface area (Å²) in [5.74, 6) is 0. The van der Waals surface area contributed by atoms with E-state index in [2.05, 4.69) is 73.0 Å². The summed E-state index contributed by atoms with van der Waals surface area (Å²) < 4.78 is 0. The Hall–Kier alpha value is -6.43.